The van der Waals surface area contributed by atoms with Gasteiger partial charge in [0.2, 0.25) is 0 Å². The van der Waals surface area contributed by atoms with E-state index in [2.05, 4.69) is 0 Å². The third-order valence-electron chi connectivity index (χ3n) is 0.743. The predicted molar refractivity (Wildman–Crippen MR) is 27.3 cm³/mol. The van der Waals surface area contributed by atoms with Crippen LogP contribution in [0.2, 0.25) is 0 Å². The Hall–Kier alpha value is 0.659. The van der Waals surface area contributed by atoms with Gasteiger partial charge in [0.15, 0.2) is 0 Å². The molecule has 78 valence electrons. The summed E-state index contributed by atoms with van der Waals surface area (Å²) in [7, 11) is 0. The molecule has 0 atom stereocenters. The zero-order valence-corrected chi connectivity index (χ0v) is 11.7. The number of para-hydroxylation sites is 1. The first-order valence-corrected chi connectivity index (χ1v) is 3.62. The van der Waals surface area contributed by atoms with Crippen molar-refractivity contribution in [3.63, 3.8) is 0 Å². The minimum absolute atomic E-state index is 0. The first kappa shape index (κ1) is 29.3. The Labute approximate surface area is 120 Å². The summed E-state index contributed by atoms with van der Waals surface area (Å²) in [6, 6.07) is 8.33. The normalized spacial score (nSPS) is 5.14. The summed E-state index contributed by atoms with van der Waals surface area (Å²) in [4.78, 5) is 0. The van der Waals surface area contributed by atoms with Crippen LogP contribution in [0.5, 0.6) is 5.75 Å². The van der Waals surface area contributed by atoms with Gasteiger partial charge in [-0.1, -0.05) is 30.3 Å². The molecule has 0 aliphatic heterocycles. The second-order valence-electron chi connectivity index (χ2n) is 1.31. The molecule has 0 bridgehead atoms. The van der Waals surface area contributed by atoms with Gasteiger partial charge in [-0.05, 0) is 0 Å². The summed E-state index contributed by atoms with van der Waals surface area (Å²) >= 11 is 2.12. The van der Waals surface area contributed by atoms with E-state index in [4.69, 9.17) is 7.35 Å². The molecule has 0 unspecified atom stereocenters. The topological polar surface area (TPSA) is 57.2 Å². The van der Waals surface area contributed by atoms with Crippen LogP contribution in [0, 0.1) is 0 Å². The minimum atomic E-state index is 0. The van der Waals surface area contributed by atoms with E-state index in [1.54, 1.807) is 12.1 Å². The zero-order valence-electron chi connectivity index (χ0n) is 6.64. The van der Waals surface area contributed by atoms with Crippen molar-refractivity contribution in [3.8, 4) is 5.75 Å². The molecule has 1 aromatic rings. The number of halogens is 3. The van der Waals surface area contributed by atoms with Crippen molar-refractivity contribution in [1.29, 1.82) is 0 Å². The average Bonchev–Trinajstić information content (AvgIpc) is 2.13. The van der Waals surface area contributed by atoms with Gasteiger partial charge in [0.1, 0.15) is 0 Å². The Kier molecular flexibility index (Phi) is 61.1. The van der Waals surface area contributed by atoms with Gasteiger partial charge in [0, 0.05) is 0 Å². The summed E-state index contributed by atoms with van der Waals surface area (Å²) in [6.45, 7) is 0. The Morgan fingerprint density at radius 3 is 1.21 bits per heavy atom. The van der Waals surface area contributed by atoms with Crippen LogP contribution >= 0.6 is 0 Å². The second-order valence-corrected chi connectivity index (χ2v) is 1.31. The third-order valence-corrected chi connectivity index (χ3v) is 0.743. The first-order valence-electron chi connectivity index (χ1n) is 2.48. The second kappa shape index (κ2) is 29.2. The summed E-state index contributed by atoms with van der Waals surface area (Å²) in [5.74, 6) is 0.0718. The molecule has 0 heterocycles. The summed E-state index contributed by atoms with van der Waals surface area (Å²) in [5.41, 5.74) is 0. The predicted octanol–water partition coefficient (Wildman–Crippen LogP) is -8.47. The van der Waals surface area contributed by atoms with Crippen LogP contribution in [0.25, 0.3) is 0 Å². The van der Waals surface area contributed by atoms with E-state index < -0.39 is 0 Å². The molecule has 0 radical (unpaired) electrons. The molecule has 3 nitrogen and oxygen atoms in total. The molecule has 0 saturated heterocycles. The van der Waals surface area contributed by atoms with E-state index in [1.807, 2.05) is 6.07 Å². The molecule has 1 rings (SSSR count). The van der Waals surface area contributed by atoms with Crippen molar-refractivity contribution >= 4 is 0 Å². The van der Waals surface area contributed by atoms with Crippen molar-refractivity contribution in [2.45, 2.75) is 0 Å². The molecule has 8 heteroatoms. The molecule has 0 aliphatic carbocycles. The average molecular weight is 333 g/mol. The van der Waals surface area contributed by atoms with Crippen molar-refractivity contribution in [2.24, 2.45) is 0 Å². The zero-order chi connectivity index (χ0) is 9.11. The van der Waals surface area contributed by atoms with Crippen molar-refractivity contribution in [3.05, 3.63) is 30.3 Å². The monoisotopic (exact) mass is 332 g/mol. The molecule has 0 spiro atoms. The fraction of sp³-hybridized carbons (Fsp3) is 0. The Morgan fingerprint density at radius 2 is 1.07 bits per heavy atom. The Balaban J connectivity index is -0.0000000350. The maximum atomic E-state index is 10.3. The van der Waals surface area contributed by atoms with Crippen molar-refractivity contribution in [2.75, 3.05) is 0 Å². The van der Waals surface area contributed by atoms with E-state index in [0.717, 1.165) is 34.7 Å². The standard InChI is InChI=1S/C6H6O.3ClH.2O.2V/c7-6-4-2-1-3-5-6;;;;;;;/h1-5,7H;3*1H;;;;/q;;;;;;2*+2/p-4. The van der Waals surface area contributed by atoms with E-state index in [0.29, 0.717) is 0 Å². The van der Waals surface area contributed by atoms with Crippen LogP contribution in [-0.2, 0) is 42.1 Å². The van der Waals surface area contributed by atoms with Gasteiger partial charge in [-0.25, -0.2) is 0 Å². The fourth-order valence-corrected chi connectivity index (χ4v) is 0.420. The molecule has 0 saturated carbocycles. The van der Waals surface area contributed by atoms with Crippen LogP contribution in [0.15, 0.2) is 30.3 Å². The van der Waals surface area contributed by atoms with Gasteiger partial charge < -0.3 is 42.3 Å². The number of benzene rings is 1. The fourth-order valence-electron chi connectivity index (χ4n) is 0.420. The van der Waals surface area contributed by atoms with Gasteiger partial charge >= 0.3 is 42.1 Å². The first-order chi connectivity index (χ1) is 5.39. The quantitative estimate of drug-likeness (QED) is 0.474. The number of hydrogen-bond acceptors (Lipinski definition) is 3. The van der Waals surface area contributed by atoms with Gasteiger partial charge in [0.25, 0.3) is 0 Å². The van der Waals surface area contributed by atoms with E-state index in [1.165, 1.54) is 12.1 Å². The third kappa shape index (κ3) is 23.0. The summed E-state index contributed by atoms with van der Waals surface area (Å²) in [5, 5.41) is 10.3. The summed E-state index contributed by atoms with van der Waals surface area (Å²) < 4.78 is 16.4. The van der Waals surface area contributed by atoms with Crippen LogP contribution in [-0.4, -0.2) is 0 Å². The maximum absolute atomic E-state index is 10.3. The molecule has 0 fully saturated rings. The molecular weight excluding hydrogens is 328 g/mol. The molecular formula is C6H5Cl3O3V2. The van der Waals surface area contributed by atoms with Gasteiger partial charge in [-0.2, -0.15) is 0 Å². The molecule has 0 aromatic heterocycles. The Morgan fingerprint density at radius 1 is 0.786 bits per heavy atom. The van der Waals surface area contributed by atoms with Crippen LogP contribution in [0.1, 0.15) is 0 Å². The SMILES string of the molecule is [Cl-].[Cl-].[Cl-].[O-]c1ccccc1.[O]=[V+2].[O]=[V+2]. The summed E-state index contributed by atoms with van der Waals surface area (Å²) in [6.07, 6.45) is 0. The van der Waals surface area contributed by atoms with E-state index in [9.17, 15) is 5.11 Å². The van der Waals surface area contributed by atoms with E-state index in [-0.39, 0.29) is 43.0 Å². The number of hydrogen-bond donors (Lipinski definition) is 0. The van der Waals surface area contributed by atoms with Crippen LogP contribution in [0.3, 0.4) is 0 Å². The molecule has 14 heavy (non-hydrogen) atoms. The van der Waals surface area contributed by atoms with Gasteiger partial charge in [0.05, 0.1) is 0 Å². The van der Waals surface area contributed by atoms with Crippen molar-refractivity contribution < 1.29 is 84.4 Å². The molecule has 0 aliphatic rings. The molecule has 1 aromatic carbocycles. The van der Waals surface area contributed by atoms with Gasteiger partial charge in [-0.3, -0.25) is 0 Å². The van der Waals surface area contributed by atoms with Crippen LogP contribution < -0.4 is 42.3 Å². The molecule has 0 amide bonds. The molecule has 0 N–H and O–H groups in total. The van der Waals surface area contributed by atoms with Crippen LogP contribution in [0.4, 0.5) is 0 Å². The van der Waals surface area contributed by atoms with E-state index >= 15 is 0 Å². The Bertz CT molecular complexity index is 177. The van der Waals surface area contributed by atoms with Gasteiger partial charge in [-0.15, -0.1) is 5.75 Å². The van der Waals surface area contributed by atoms with Crippen molar-refractivity contribution in [1.82, 2.24) is 0 Å². The number of rotatable bonds is 0.